The molecule has 1 amide bonds. The van der Waals surface area contributed by atoms with Gasteiger partial charge in [0.25, 0.3) is 5.91 Å². The summed E-state index contributed by atoms with van der Waals surface area (Å²) in [7, 11) is 0. The number of nitrogens with two attached hydrogens (primary N) is 1. The van der Waals surface area contributed by atoms with Crippen LogP contribution in [0.25, 0.3) is 5.65 Å². The van der Waals surface area contributed by atoms with Crippen molar-refractivity contribution in [1.82, 2.24) is 20.0 Å². The summed E-state index contributed by atoms with van der Waals surface area (Å²) < 4.78 is 1.80. The number of benzene rings is 1. The first-order valence-electron chi connectivity index (χ1n) is 6.17. The number of nitrogens with zero attached hydrogens (tertiary/aromatic N) is 3. The lowest BCUT2D eigenvalue weighted by molar-refractivity contribution is 0.0954. The number of carbonyl (C=O) groups is 1. The fraction of sp³-hybridized carbons (Fsp3) is 0.0714. The highest BCUT2D eigenvalue weighted by Crippen LogP contribution is 2.13. The highest BCUT2D eigenvalue weighted by Gasteiger charge is 2.14. The standard InChI is InChI=1S/C14H13N5O/c15-16-14(20)11-7-4-8-19-12(17-18-13(11)19)9-10-5-2-1-3-6-10/h1-8H,9,15H2,(H,16,20). The molecule has 0 aliphatic carbocycles. The second kappa shape index (κ2) is 5.10. The third-order valence-electron chi connectivity index (χ3n) is 3.09. The predicted molar refractivity (Wildman–Crippen MR) is 73.9 cm³/mol. The molecule has 20 heavy (non-hydrogen) atoms. The van der Waals surface area contributed by atoms with E-state index in [1.165, 1.54) is 0 Å². The van der Waals surface area contributed by atoms with Gasteiger partial charge in [0.05, 0.1) is 5.56 Å². The first-order chi connectivity index (χ1) is 9.79. The molecule has 6 heteroatoms. The van der Waals surface area contributed by atoms with Gasteiger partial charge in [-0.15, -0.1) is 10.2 Å². The van der Waals surface area contributed by atoms with Gasteiger partial charge in [-0.2, -0.15) is 0 Å². The largest absolute Gasteiger partial charge is 0.290 e. The molecule has 1 aromatic carbocycles. The smallest absolute Gasteiger partial charge is 0.269 e. The van der Waals surface area contributed by atoms with Crippen LogP contribution in [0.1, 0.15) is 21.7 Å². The highest BCUT2D eigenvalue weighted by atomic mass is 16.2. The number of fused-ring (bicyclic) bond motifs is 1. The monoisotopic (exact) mass is 267 g/mol. The van der Waals surface area contributed by atoms with Gasteiger partial charge in [0.1, 0.15) is 5.82 Å². The Labute approximate surface area is 115 Å². The van der Waals surface area contributed by atoms with Crippen LogP contribution in [0, 0.1) is 0 Å². The maximum absolute atomic E-state index is 11.7. The summed E-state index contributed by atoms with van der Waals surface area (Å²) in [6.07, 6.45) is 2.48. The number of rotatable bonds is 3. The number of aromatic nitrogens is 3. The van der Waals surface area contributed by atoms with Crippen LogP contribution in [-0.2, 0) is 6.42 Å². The van der Waals surface area contributed by atoms with Crippen LogP contribution in [-0.4, -0.2) is 20.5 Å². The van der Waals surface area contributed by atoms with Gasteiger partial charge in [-0.05, 0) is 17.7 Å². The number of nitrogen functional groups attached to an aromatic ring is 1. The van der Waals surface area contributed by atoms with Crippen molar-refractivity contribution in [2.45, 2.75) is 6.42 Å². The number of nitrogens with one attached hydrogen (secondary N) is 1. The Morgan fingerprint density at radius 2 is 1.95 bits per heavy atom. The quantitative estimate of drug-likeness (QED) is 0.420. The van der Waals surface area contributed by atoms with Gasteiger partial charge in [0.15, 0.2) is 5.65 Å². The van der Waals surface area contributed by atoms with E-state index in [1.54, 1.807) is 16.5 Å². The Morgan fingerprint density at radius 1 is 1.15 bits per heavy atom. The number of hydrogen-bond acceptors (Lipinski definition) is 4. The molecule has 0 bridgehead atoms. The number of hydrogen-bond donors (Lipinski definition) is 2. The molecule has 3 rings (SSSR count). The van der Waals surface area contributed by atoms with E-state index in [2.05, 4.69) is 15.6 Å². The highest BCUT2D eigenvalue weighted by molar-refractivity contribution is 5.99. The van der Waals surface area contributed by atoms with E-state index >= 15 is 0 Å². The molecule has 0 spiro atoms. The summed E-state index contributed by atoms with van der Waals surface area (Å²) in [5, 5.41) is 8.24. The average molecular weight is 267 g/mol. The van der Waals surface area contributed by atoms with E-state index in [0.717, 1.165) is 11.4 Å². The maximum atomic E-state index is 11.7. The third kappa shape index (κ3) is 2.12. The van der Waals surface area contributed by atoms with E-state index in [9.17, 15) is 4.79 Å². The predicted octanol–water partition coefficient (Wildman–Crippen LogP) is 0.924. The van der Waals surface area contributed by atoms with Crippen LogP contribution in [0.5, 0.6) is 0 Å². The minimum atomic E-state index is -0.380. The third-order valence-corrected chi connectivity index (χ3v) is 3.09. The summed E-state index contributed by atoms with van der Waals surface area (Å²) in [5.41, 5.74) is 4.15. The minimum Gasteiger partial charge on any atom is -0.290 e. The Hall–Kier alpha value is -2.73. The molecule has 3 N–H and O–H groups in total. The summed E-state index contributed by atoms with van der Waals surface area (Å²) in [6.45, 7) is 0. The Balaban J connectivity index is 2.04. The Bertz CT molecular complexity index is 751. The molecule has 6 nitrogen and oxygen atoms in total. The van der Waals surface area contributed by atoms with Crippen molar-refractivity contribution in [3.8, 4) is 0 Å². The van der Waals surface area contributed by atoms with E-state index in [1.807, 2.05) is 36.5 Å². The van der Waals surface area contributed by atoms with Crippen LogP contribution in [0.4, 0.5) is 0 Å². The van der Waals surface area contributed by atoms with Gasteiger partial charge in [-0.1, -0.05) is 30.3 Å². The van der Waals surface area contributed by atoms with E-state index in [-0.39, 0.29) is 5.91 Å². The topological polar surface area (TPSA) is 85.3 Å². The molecule has 0 saturated carbocycles. The van der Waals surface area contributed by atoms with Gasteiger partial charge in [0.2, 0.25) is 0 Å². The van der Waals surface area contributed by atoms with Crippen LogP contribution < -0.4 is 11.3 Å². The second-order valence-electron chi connectivity index (χ2n) is 4.37. The molecule has 0 aliphatic rings. The number of amides is 1. The Morgan fingerprint density at radius 3 is 2.70 bits per heavy atom. The lowest BCUT2D eigenvalue weighted by atomic mass is 10.1. The Kier molecular flexibility index (Phi) is 3.14. The van der Waals surface area contributed by atoms with E-state index < -0.39 is 0 Å². The molecule has 0 unspecified atom stereocenters. The number of carbonyl (C=O) groups excluding carboxylic acids is 1. The lowest BCUT2D eigenvalue weighted by Gasteiger charge is -2.03. The molecule has 2 heterocycles. The van der Waals surface area contributed by atoms with Crippen molar-refractivity contribution in [3.05, 3.63) is 65.6 Å². The second-order valence-corrected chi connectivity index (χ2v) is 4.37. The molecule has 0 saturated heterocycles. The van der Waals surface area contributed by atoms with Gasteiger partial charge >= 0.3 is 0 Å². The summed E-state index contributed by atoms with van der Waals surface area (Å²) in [5.74, 6) is 5.56. The number of hydrazine groups is 1. The zero-order valence-corrected chi connectivity index (χ0v) is 10.7. The van der Waals surface area contributed by atoms with Gasteiger partial charge in [-0.25, -0.2) is 5.84 Å². The van der Waals surface area contributed by atoms with Crippen LogP contribution in [0.15, 0.2) is 48.7 Å². The van der Waals surface area contributed by atoms with Crippen molar-refractivity contribution >= 4 is 11.6 Å². The van der Waals surface area contributed by atoms with Crippen LogP contribution in [0.2, 0.25) is 0 Å². The van der Waals surface area contributed by atoms with E-state index in [0.29, 0.717) is 17.6 Å². The summed E-state index contributed by atoms with van der Waals surface area (Å²) in [6, 6.07) is 13.4. The fourth-order valence-corrected chi connectivity index (χ4v) is 2.12. The van der Waals surface area contributed by atoms with Crippen LogP contribution >= 0.6 is 0 Å². The van der Waals surface area contributed by atoms with Crippen molar-refractivity contribution in [1.29, 1.82) is 0 Å². The molecule has 3 aromatic rings. The van der Waals surface area contributed by atoms with Crippen molar-refractivity contribution in [2.75, 3.05) is 0 Å². The first kappa shape index (κ1) is 12.3. The molecular formula is C14H13N5O. The SMILES string of the molecule is NNC(=O)c1cccn2c(Cc3ccccc3)nnc12. The van der Waals surface area contributed by atoms with Crippen LogP contribution in [0.3, 0.4) is 0 Å². The summed E-state index contributed by atoms with van der Waals surface area (Å²) >= 11 is 0. The van der Waals surface area contributed by atoms with Gasteiger partial charge < -0.3 is 0 Å². The zero-order valence-electron chi connectivity index (χ0n) is 10.7. The maximum Gasteiger partial charge on any atom is 0.269 e. The van der Waals surface area contributed by atoms with Gasteiger partial charge in [0, 0.05) is 12.6 Å². The molecule has 0 aliphatic heterocycles. The molecule has 2 aromatic heterocycles. The minimum absolute atomic E-state index is 0.380. The van der Waals surface area contributed by atoms with Crippen molar-refractivity contribution in [2.24, 2.45) is 5.84 Å². The average Bonchev–Trinajstić information content (AvgIpc) is 2.91. The number of pyridine rings is 1. The van der Waals surface area contributed by atoms with Crippen molar-refractivity contribution < 1.29 is 4.79 Å². The summed E-state index contributed by atoms with van der Waals surface area (Å²) in [4.78, 5) is 11.7. The molecular weight excluding hydrogens is 254 g/mol. The molecule has 0 fully saturated rings. The fourth-order valence-electron chi connectivity index (χ4n) is 2.12. The molecule has 0 radical (unpaired) electrons. The lowest BCUT2D eigenvalue weighted by Crippen LogP contribution is -2.30. The van der Waals surface area contributed by atoms with E-state index in [4.69, 9.17) is 5.84 Å². The molecule has 0 atom stereocenters. The molecule has 100 valence electrons. The zero-order chi connectivity index (χ0) is 13.9. The van der Waals surface area contributed by atoms with Crippen molar-refractivity contribution in [3.63, 3.8) is 0 Å². The first-order valence-corrected chi connectivity index (χ1v) is 6.17. The normalized spacial score (nSPS) is 10.7. The van der Waals surface area contributed by atoms with Gasteiger partial charge in [-0.3, -0.25) is 14.6 Å².